The van der Waals surface area contributed by atoms with Gasteiger partial charge in [0.25, 0.3) is 0 Å². The van der Waals surface area contributed by atoms with E-state index in [4.69, 9.17) is 15.9 Å². The summed E-state index contributed by atoms with van der Waals surface area (Å²) in [6.07, 6.45) is 10.3. The maximum atomic E-state index is 11.2. The Morgan fingerprint density at radius 2 is 1.94 bits per heavy atom. The summed E-state index contributed by atoms with van der Waals surface area (Å²) in [7, 11) is 0. The Morgan fingerprint density at radius 3 is 2.56 bits per heavy atom. The number of rotatable bonds is 8. The quantitative estimate of drug-likeness (QED) is 0.377. The molecule has 18 heavy (non-hydrogen) atoms. The van der Waals surface area contributed by atoms with Gasteiger partial charge in [-0.25, -0.2) is 0 Å². The molecule has 0 aromatic rings. The van der Waals surface area contributed by atoms with Crippen LogP contribution in [0.4, 0.5) is 0 Å². The van der Waals surface area contributed by atoms with Gasteiger partial charge in [-0.15, -0.1) is 6.42 Å². The highest BCUT2D eigenvalue weighted by molar-refractivity contribution is 5.77. The van der Waals surface area contributed by atoms with Crippen molar-refractivity contribution in [1.82, 2.24) is 0 Å². The van der Waals surface area contributed by atoms with E-state index in [2.05, 4.69) is 12.8 Å². The summed E-state index contributed by atoms with van der Waals surface area (Å²) in [6.45, 7) is 3.91. The van der Waals surface area contributed by atoms with Crippen molar-refractivity contribution in [1.29, 1.82) is 0 Å². The molecule has 4 nitrogen and oxygen atoms in total. The number of terminal acetylenes is 1. The average Bonchev–Trinajstić information content (AvgIpc) is 2.36. The summed E-state index contributed by atoms with van der Waals surface area (Å²) in [5, 5.41) is 0. The van der Waals surface area contributed by atoms with Crippen LogP contribution >= 0.6 is 0 Å². The van der Waals surface area contributed by atoms with Crippen LogP contribution in [-0.4, -0.2) is 24.6 Å². The van der Waals surface area contributed by atoms with Crippen molar-refractivity contribution >= 4 is 11.9 Å². The summed E-state index contributed by atoms with van der Waals surface area (Å²) in [4.78, 5) is 22.4. The zero-order valence-electron chi connectivity index (χ0n) is 11.0. The van der Waals surface area contributed by atoms with Gasteiger partial charge >= 0.3 is 11.9 Å². The highest BCUT2D eigenvalue weighted by Gasteiger charge is 2.10. The van der Waals surface area contributed by atoms with Gasteiger partial charge in [0.1, 0.15) is 6.61 Å². The maximum Gasteiger partial charge on any atom is 0.307 e. The Bertz CT molecular complexity index is 325. The molecule has 0 aromatic heterocycles. The normalized spacial score (nSPS) is 11.8. The fourth-order valence-electron chi connectivity index (χ4n) is 1.06. The Kier molecular flexibility index (Phi) is 9.38. The number of unbranched alkanes of at least 4 members (excludes halogenated alkanes) is 1. The molecule has 0 aliphatic rings. The largest absolute Gasteiger partial charge is 0.461 e. The molecular weight excluding hydrogens is 232 g/mol. The minimum atomic E-state index is -0.564. The number of hydrogen-bond acceptors (Lipinski definition) is 4. The molecule has 0 radical (unpaired) electrons. The molecule has 4 heteroatoms. The highest BCUT2D eigenvalue weighted by atomic mass is 16.5. The number of carbonyl (C=O) groups excluding carboxylic acids is 2. The smallest absolute Gasteiger partial charge is 0.307 e. The van der Waals surface area contributed by atoms with Gasteiger partial charge in [0, 0.05) is 0 Å². The number of allylic oxidation sites excluding steroid dienone is 1. The van der Waals surface area contributed by atoms with Crippen molar-refractivity contribution in [3.8, 4) is 12.3 Å². The van der Waals surface area contributed by atoms with E-state index >= 15 is 0 Å². The van der Waals surface area contributed by atoms with Crippen molar-refractivity contribution < 1.29 is 19.1 Å². The predicted molar refractivity (Wildman–Crippen MR) is 68.6 cm³/mol. The molecule has 0 rings (SSSR count). The zero-order valence-corrected chi connectivity index (χ0v) is 11.0. The number of ether oxygens (including phenoxy) is 2. The Labute approximate surface area is 108 Å². The van der Waals surface area contributed by atoms with Gasteiger partial charge in [0.05, 0.1) is 12.8 Å². The highest BCUT2D eigenvalue weighted by Crippen LogP contribution is 1.99. The van der Waals surface area contributed by atoms with Crippen molar-refractivity contribution in [2.75, 3.05) is 6.61 Å². The van der Waals surface area contributed by atoms with Crippen molar-refractivity contribution in [2.24, 2.45) is 0 Å². The Balaban J connectivity index is 3.65. The summed E-state index contributed by atoms with van der Waals surface area (Å²) in [5.74, 6) is 1.37. The summed E-state index contributed by atoms with van der Waals surface area (Å²) >= 11 is 0. The third kappa shape index (κ3) is 9.46. The predicted octanol–water partition coefficient (Wildman–Crippen LogP) is 2.23. The number of hydrogen-bond donors (Lipinski definition) is 0. The van der Waals surface area contributed by atoms with Gasteiger partial charge in [0.2, 0.25) is 0 Å². The molecule has 0 spiro atoms. The van der Waals surface area contributed by atoms with Crippen LogP contribution in [0.3, 0.4) is 0 Å². The first-order valence-corrected chi connectivity index (χ1v) is 6.06. The number of esters is 2. The van der Waals surface area contributed by atoms with Gasteiger partial charge in [-0.1, -0.05) is 31.4 Å². The molecule has 0 heterocycles. The van der Waals surface area contributed by atoms with Crippen LogP contribution in [-0.2, 0) is 19.1 Å². The molecule has 0 fully saturated rings. The maximum absolute atomic E-state index is 11.2. The summed E-state index contributed by atoms with van der Waals surface area (Å²) in [6, 6.07) is 0. The Hall–Kier alpha value is -1.76. The lowest BCUT2D eigenvalue weighted by Crippen LogP contribution is -2.15. The van der Waals surface area contributed by atoms with Gasteiger partial charge in [-0.2, -0.15) is 0 Å². The molecule has 1 atom stereocenters. The van der Waals surface area contributed by atoms with Gasteiger partial charge in [-0.05, 0) is 13.3 Å². The second kappa shape index (κ2) is 10.4. The van der Waals surface area contributed by atoms with Crippen LogP contribution in [0.25, 0.3) is 0 Å². The van der Waals surface area contributed by atoms with Crippen LogP contribution in [0, 0.1) is 12.3 Å². The first kappa shape index (κ1) is 16.2. The van der Waals surface area contributed by atoms with Crippen LogP contribution in [0.1, 0.15) is 39.5 Å². The number of carbonyl (C=O) groups is 2. The zero-order chi connectivity index (χ0) is 13.8. The van der Waals surface area contributed by atoms with E-state index in [1.807, 2.05) is 6.08 Å². The van der Waals surface area contributed by atoms with Crippen molar-refractivity contribution in [3.05, 3.63) is 12.2 Å². The van der Waals surface area contributed by atoms with Crippen LogP contribution < -0.4 is 0 Å². The molecule has 0 aromatic carbocycles. The third-order valence-electron chi connectivity index (χ3n) is 2.04. The van der Waals surface area contributed by atoms with E-state index in [0.29, 0.717) is 0 Å². The van der Waals surface area contributed by atoms with Crippen LogP contribution in [0.15, 0.2) is 12.2 Å². The summed E-state index contributed by atoms with van der Waals surface area (Å²) in [5.41, 5.74) is 0. The SMILES string of the molecule is C#CC(C)OC(=O)CCC(=O)OC/C=C\CCC. The first-order valence-electron chi connectivity index (χ1n) is 6.06. The van der Waals surface area contributed by atoms with E-state index in [9.17, 15) is 9.59 Å². The average molecular weight is 252 g/mol. The van der Waals surface area contributed by atoms with E-state index in [1.165, 1.54) is 0 Å². The second-order valence-corrected chi connectivity index (χ2v) is 3.74. The third-order valence-corrected chi connectivity index (χ3v) is 2.04. The molecular formula is C14H20O4. The lowest BCUT2D eigenvalue weighted by molar-refractivity contribution is -0.151. The topological polar surface area (TPSA) is 52.6 Å². The second-order valence-electron chi connectivity index (χ2n) is 3.74. The van der Waals surface area contributed by atoms with E-state index in [0.717, 1.165) is 12.8 Å². The summed E-state index contributed by atoms with van der Waals surface area (Å²) < 4.78 is 9.71. The van der Waals surface area contributed by atoms with Crippen molar-refractivity contribution in [2.45, 2.75) is 45.6 Å². The molecule has 0 amide bonds. The van der Waals surface area contributed by atoms with E-state index in [1.54, 1.807) is 13.0 Å². The van der Waals surface area contributed by atoms with E-state index < -0.39 is 18.0 Å². The molecule has 1 unspecified atom stereocenters. The lowest BCUT2D eigenvalue weighted by Gasteiger charge is -2.06. The van der Waals surface area contributed by atoms with Crippen LogP contribution in [0.2, 0.25) is 0 Å². The molecule has 0 saturated carbocycles. The Morgan fingerprint density at radius 1 is 1.28 bits per heavy atom. The standard InChI is InChI=1S/C14H20O4/c1-4-6-7-8-11-17-13(15)9-10-14(16)18-12(3)5-2/h2,7-8,12H,4,6,9-11H2,1,3H3/b8-7-. The fraction of sp³-hybridized carbons (Fsp3) is 0.571. The van der Waals surface area contributed by atoms with Gasteiger partial charge in [0.15, 0.2) is 6.10 Å². The molecule has 100 valence electrons. The van der Waals surface area contributed by atoms with Crippen LogP contribution in [0.5, 0.6) is 0 Å². The fourth-order valence-corrected chi connectivity index (χ4v) is 1.06. The minimum Gasteiger partial charge on any atom is -0.461 e. The lowest BCUT2D eigenvalue weighted by atomic mass is 10.3. The van der Waals surface area contributed by atoms with Crippen molar-refractivity contribution in [3.63, 3.8) is 0 Å². The molecule has 0 saturated heterocycles. The van der Waals surface area contributed by atoms with E-state index in [-0.39, 0.29) is 19.4 Å². The molecule has 0 bridgehead atoms. The molecule has 0 aliphatic heterocycles. The minimum absolute atomic E-state index is 0.0104. The molecule has 0 N–H and O–H groups in total. The molecule has 0 aliphatic carbocycles. The van der Waals surface area contributed by atoms with Gasteiger partial charge in [-0.3, -0.25) is 9.59 Å². The van der Waals surface area contributed by atoms with Gasteiger partial charge < -0.3 is 9.47 Å². The monoisotopic (exact) mass is 252 g/mol. The first-order chi connectivity index (χ1) is 8.60.